The maximum absolute atomic E-state index is 10.7. The Kier molecular flexibility index (Phi) is 3.15. The highest BCUT2D eigenvalue weighted by atomic mass is 16.4. The fourth-order valence-corrected chi connectivity index (χ4v) is 1.39. The smallest absolute Gasteiger partial charge is 0.247 e. The predicted molar refractivity (Wildman–Crippen MR) is 60.5 cm³/mol. The van der Waals surface area contributed by atoms with Crippen LogP contribution in [0.25, 0.3) is 11.5 Å². The molecule has 0 aliphatic carbocycles. The van der Waals surface area contributed by atoms with Crippen molar-refractivity contribution >= 4 is 5.91 Å². The summed E-state index contributed by atoms with van der Waals surface area (Å²) in [6.07, 6.45) is -0.0174. The van der Waals surface area contributed by atoms with E-state index in [2.05, 4.69) is 10.2 Å². The van der Waals surface area contributed by atoms with Crippen LogP contribution in [0.2, 0.25) is 0 Å². The number of carbonyl (C=O) groups excluding carboxylic acids is 1. The molecule has 1 heterocycles. The second kappa shape index (κ2) is 4.75. The molecular weight excluding hydrogens is 220 g/mol. The van der Waals surface area contributed by atoms with Gasteiger partial charge >= 0.3 is 0 Å². The van der Waals surface area contributed by atoms with E-state index in [1.165, 1.54) is 0 Å². The minimum Gasteiger partial charge on any atom is -0.419 e. The van der Waals surface area contributed by atoms with Crippen LogP contribution in [0.3, 0.4) is 0 Å². The average molecular weight is 232 g/mol. The third-order valence-electron chi connectivity index (χ3n) is 2.20. The zero-order valence-electron chi connectivity index (χ0n) is 9.04. The topological polar surface area (TPSA) is 108 Å². The summed E-state index contributed by atoms with van der Waals surface area (Å²) in [5, 5.41) is 7.66. The van der Waals surface area contributed by atoms with E-state index in [-0.39, 0.29) is 12.3 Å². The van der Waals surface area contributed by atoms with Gasteiger partial charge in [-0.2, -0.15) is 0 Å². The lowest BCUT2D eigenvalue weighted by Crippen LogP contribution is -2.20. The number of amides is 1. The Balaban J connectivity index is 2.19. The largest absolute Gasteiger partial charge is 0.419 e. The number of carbonyl (C=O) groups is 1. The molecule has 1 atom stereocenters. The van der Waals surface area contributed by atoms with Gasteiger partial charge in [-0.1, -0.05) is 18.2 Å². The van der Waals surface area contributed by atoms with Crippen molar-refractivity contribution in [2.75, 3.05) is 0 Å². The summed E-state index contributed by atoms with van der Waals surface area (Å²) < 4.78 is 5.38. The van der Waals surface area contributed by atoms with Crippen LogP contribution in [0.15, 0.2) is 34.7 Å². The Morgan fingerprint density at radius 1 is 1.29 bits per heavy atom. The molecule has 0 radical (unpaired) electrons. The van der Waals surface area contributed by atoms with Gasteiger partial charge in [0.25, 0.3) is 0 Å². The van der Waals surface area contributed by atoms with Crippen molar-refractivity contribution in [3.63, 3.8) is 0 Å². The summed E-state index contributed by atoms with van der Waals surface area (Å²) >= 11 is 0. The molecule has 1 aromatic carbocycles. The molecule has 0 saturated heterocycles. The first-order valence-electron chi connectivity index (χ1n) is 5.09. The average Bonchev–Trinajstić information content (AvgIpc) is 2.78. The second-order valence-corrected chi connectivity index (χ2v) is 3.59. The fourth-order valence-electron chi connectivity index (χ4n) is 1.39. The van der Waals surface area contributed by atoms with Crippen molar-refractivity contribution < 1.29 is 9.21 Å². The number of hydrogen-bond donors (Lipinski definition) is 2. The van der Waals surface area contributed by atoms with Gasteiger partial charge in [0.05, 0.1) is 12.5 Å². The van der Waals surface area contributed by atoms with Gasteiger partial charge in [-0.3, -0.25) is 4.79 Å². The third-order valence-corrected chi connectivity index (χ3v) is 2.20. The summed E-state index contributed by atoms with van der Waals surface area (Å²) in [6, 6.07) is 8.65. The monoisotopic (exact) mass is 232 g/mol. The van der Waals surface area contributed by atoms with E-state index in [4.69, 9.17) is 15.9 Å². The van der Waals surface area contributed by atoms with E-state index in [0.717, 1.165) is 5.56 Å². The molecule has 1 amide bonds. The molecule has 17 heavy (non-hydrogen) atoms. The number of primary amides is 1. The molecule has 0 aliphatic heterocycles. The molecule has 2 rings (SSSR count). The third kappa shape index (κ3) is 2.67. The van der Waals surface area contributed by atoms with Gasteiger partial charge in [0.1, 0.15) is 0 Å². The molecule has 6 nitrogen and oxygen atoms in total. The lowest BCUT2D eigenvalue weighted by molar-refractivity contribution is -0.118. The molecule has 0 spiro atoms. The van der Waals surface area contributed by atoms with Gasteiger partial charge in [-0.25, -0.2) is 0 Å². The highest BCUT2D eigenvalue weighted by Crippen LogP contribution is 2.20. The van der Waals surface area contributed by atoms with Crippen LogP contribution < -0.4 is 11.5 Å². The second-order valence-electron chi connectivity index (χ2n) is 3.59. The van der Waals surface area contributed by atoms with E-state index in [1.807, 2.05) is 30.3 Å². The molecule has 1 aromatic heterocycles. The lowest BCUT2D eigenvalue weighted by atomic mass is 10.2. The Morgan fingerprint density at radius 2 is 2.00 bits per heavy atom. The number of nitrogens with two attached hydrogens (primary N) is 2. The van der Waals surface area contributed by atoms with Crippen LogP contribution in [0.1, 0.15) is 18.4 Å². The molecule has 6 heteroatoms. The van der Waals surface area contributed by atoms with Crippen molar-refractivity contribution in [1.29, 1.82) is 0 Å². The standard InChI is InChI=1S/C11H12N4O2/c12-8(6-9(13)16)11-15-14-10(17-11)7-4-2-1-3-5-7/h1-5,8H,6,12H2,(H2,13,16)/t8-/m0/s1. The summed E-state index contributed by atoms with van der Waals surface area (Å²) in [7, 11) is 0. The molecule has 88 valence electrons. The van der Waals surface area contributed by atoms with Crippen LogP contribution in [0, 0.1) is 0 Å². The SMILES string of the molecule is NC(=O)C[C@H](N)c1nnc(-c2ccccc2)o1. The number of hydrogen-bond acceptors (Lipinski definition) is 5. The first-order valence-corrected chi connectivity index (χ1v) is 5.09. The zero-order chi connectivity index (χ0) is 12.3. The highest BCUT2D eigenvalue weighted by Gasteiger charge is 2.17. The van der Waals surface area contributed by atoms with Crippen molar-refractivity contribution in [3.8, 4) is 11.5 Å². The highest BCUT2D eigenvalue weighted by molar-refractivity contribution is 5.74. The molecule has 4 N–H and O–H groups in total. The van der Waals surface area contributed by atoms with E-state index in [9.17, 15) is 4.79 Å². The Morgan fingerprint density at radius 3 is 2.65 bits per heavy atom. The molecular formula is C11H12N4O2. The van der Waals surface area contributed by atoms with Crippen LogP contribution >= 0.6 is 0 Å². The minimum atomic E-state index is -0.655. The van der Waals surface area contributed by atoms with E-state index < -0.39 is 11.9 Å². The number of aromatic nitrogens is 2. The maximum Gasteiger partial charge on any atom is 0.247 e. The molecule has 0 aliphatic rings. The molecule has 0 bridgehead atoms. The van der Waals surface area contributed by atoms with Gasteiger partial charge in [-0.15, -0.1) is 10.2 Å². The van der Waals surface area contributed by atoms with Crippen LogP contribution in [0.4, 0.5) is 0 Å². The summed E-state index contributed by atoms with van der Waals surface area (Å²) in [4.78, 5) is 10.7. The first-order chi connectivity index (χ1) is 8.16. The van der Waals surface area contributed by atoms with Gasteiger partial charge in [0, 0.05) is 5.56 Å². The van der Waals surface area contributed by atoms with Crippen molar-refractivity contribution in [2.24, 2.45) is 11.5 Å². The van der Waals surface area contributed by atoms with Gasteiger partial charge in [-0.05, 0) is 12.1 Å². The van der Waals surface area contributed by atoms with Gasteiger partial charge in [0.15, 0.2) is 0 Å². The Bertz CT molecular complexity index is 509. The van der Waals surface area contributed by atoms with Gasteiger partial charge in [0.2, 0.25) is 17.7 Å². The molecule has 0 fully saturated rings. The van der Waals surface area contributed by atoms with Crippen molar-refractivity contribution in [1.82, 2.24) is 10.2 Å². The number of nitrogens with zero attached hydrogens (tertiary/aromatic N) is 2. The van der Waals surface area contributed by atoms with E-state index >= 15 is 0 Å². The van der Waals surface area contributed by atoms with Crippen LogP contribution in [-0.2, 0) is 4.79 Å². The van der Waals surface area contributed by atoms with Crippen LogP contribution in [0.5, 0.6) is 0 Å². The lowest BCUT2D eigenvalue weighted by Gasteiger charge is -2.02. The zero-order valence-corrected chi connectivity index (χ0v) is 9.04. The van der Waals surface area contributed by atoms with Crippen LogP contribution in [-0.4, -0.2) is 16.1 Å². The van der Waals surface area contributed by atoms with Gasteiger partial charge < -0.3 is 15.9 Å². The Labute approximate surface area is 97.6 Å². The van der Waals surface area contributed by atoms with Crippen molar-refractivity contribution in [2.45, 2.75) is 12.5 Å². The number of rotatable bonds is 4. The number of benzene rings is 1. The summed E-state index contributed by atoms with van der Waals surface area (Å²) in [5.74, 6) is 0.0835. The Hall–Kier alpha value is -2.21. The minimum absolute atomic E-state index is 0.0174. The quantitative estimate of drug-likeness (QED) is 0.802. The fraction of sp³-hybridized carbons (Fsp3) is 0.182. The predicted octanol–water partition coefficient (Wildman–Crippen LogP) is 0.612. The molecule has 0 unspecified atom stereocenters. The molecule has 0 saturated carbocycles. The normalized spacial score (nSPS) is 12.3. The first kappa shape index (κ1) is 11.3. The maximum atomic E-state index is 10.7. The van der Waals surface area contributed by atoms with Crippen molar-refractivity contribution in [3.05, 3.63) is 36.2 Å². The van der Waals surface area contributed by atoms with E-state index in [0.29, 0.717) is 5.89 Å². The summed E-state index contributed by atoms with van der Waals surface area (Å²) in [5.41, 5.74) is 11.5. The summed E-state index contributed by atoms with van der Waals surface area (Å²) in [6.45, 7) is 0. The molecule has 2 aromatic rings. The van der Waals surface area contributed by atoms with E-state index in [1.54, 1.807) is 0 Å².